The number of benzene rings is 1. The Balaban J connectivity index is 2.42. The van der Waals surface area contributed by atoms with E-state index in [-0.39, 0.29) is 24.7 Å². The fourth-order valence-electron chi connectivity index (χ4n) is 1.79. The van der Waals surface area contributed by atoms with Crippen LogP contribution in [0.15, 0.2) is 30.3 Å². The molecule has 0 unspecified atom stereocenters. The lowest BCUT2D eigenvalue weighted by atomic mass is 10.1. The van der Waals surface area contributed by atoms with Crippen molar-refractivity contribution in [3.05, 3.63) is 35.9 Å². The minimum absolute atomic E-state index is 0.0113. The molecule has 1 rings (SSSR count). The number of carbonyl (C=O) groups excluding carboxylic acids is 3. The summed E-state index contributed by atoms with van der Waals surface area (Å²) < 4.78 is 5.17. The SMILES string of the molecule is C[C@H](CC(=O)OC(C)(C)C)C(=O)NCC(=O)c1ccccc1. The summed E-state index contributed by atoms with van der Waals surface area (Å²) in [5.41, 5.74) is -0.0288. The van der Waals surface area contributed by atoms with Crippen LogP contribution in [0, 0.1) is 5.92 Å². The van der Waals surface area contributed by atoms with Crippen molar-refractivity contribution >= 4 is 17.7 Å². The monoisotopic (exact) mass is 305 g/mol. The molecule has 1 N–H and O–H groups in total. The molecule has 0 saturated carbocycles. The van der Waals surface area contributed by atoms with Crippen LogP contribution in [0.4, 0.5) is 0 Å². The van der Waals surface area contributed by atoms with Gasteiger partial charge < -0.3 is 10.1 Å². The molecular weight excluding hydrogens is 282 g/mol. The van der Waals surface area contributed by atoms with E-state index in [0.29, 0.717) is 5.56 Å². The maximum Gasteiger partial charge on any atom is 0.307 e. The van der Waals surface area contributed by atoms with Crippen LogP contribution < -0.4 is 5.32 Å². The van der Waals surface area contributed by atoms with E-state index in [1.807, 2.05) is 6.07 Å². The molecule has 0 bridgehead atoms. The Kier molecular flexibility index (Phi) is 6.28. The van der Waals surface area contributed by atoms with Crippen LogP contribution in [-0.4, -0.2) is 29.8 Å². The van der Waals surface area contributed by atoms with E-state index in [1.165, 1.54) is 0 Å². The lowest BCUT2D eigenvalue weighted by Crippen LogP contribution is -2.35. The summed E-state index contributed by atoms with van der Waals surface area (Å²) in [7, 11) is 0. The Morgan fingerprint density at radius 2 is 1.73 bits per heavy atom. The van der Waals surface area contributed by atoms with Gasteiger partial charge in [-0.3, -0.25) is 14.4 Å². The third-order valence-corrected chi connectivity index (χ3v) is 2.86. The number of carbonyl (C=O) groups is 3. The number of esters is 1. The number of rotatable bonds is 6. The van der Waals surface area contributed by atoms with Crippen LogP contribution in [0.3, 0.4) is 0 Å². The van der Waals surface area contributed by atoms with Crippen LogP contribution in [0.5, 0.6) is 0 Å². The molecule has 0 fully saturated rings. The average molecular weight is 305 g/mol. The van der Waals surface area contributed by atoms with Gasteiger partial charge in [0.1, 0.15) is 5.60 Å². The molecular formula is C17H23NO4. The third kappa shape index (κ3) is 6.52. The van der Waals surface area contributed by atoms with Crippen molar-refractivity contribution < 1.29 is 19.1 Å². The van der Waals surface area contributed by atoms with Gasteiger partial charge in [0.05, 0.1) is 13.0 Å². The highest BCUT2D eigenvalue weighted by atomic mass is 16.6. The van der Waals surface area contributed by atoms with Crippen LogP contribution >= 0.6 is 0 Å². The van der Waals surface area contributed by atoms with Gasteiger partial charge in [0.25, 0.3) is 0 Å². The molecule has 0 aliphatic carbocycles. The number of hydrogen-bond donors (Lipinski definition) is 1. The van der Waals surface area contributed by atoms with Crippen molar-refractivity contribution in [1.82, 2.24) is 5.32 Å². The fourth-order valence-corrected chi connectivity index (χ4v) is 1.79. The van der Waals surface area contributed by atoms with Gasteiger partial charge >= 0.3 is 5.97 Å². The first-order valence-electron chi connectivity index (χ1n) is 7.27. The summed E-state index contributed by atoms with van der Waals surface area (Å²) in [5.74, 6) is -1.48. The minimum atomic E-state index is -0.573. The number of ether oxygens (including phenoxy) is 1. The largest absolute Gasteiger partial charge is 0.460 e. The standard InChI is InChI=1S/C17H23NO4/c1-12(10-15(20)22-17(2,3)4)16(21)18-11-14(19)13-8-6-5-7-9-13/h5-9,12H,10-11H2,1-4H3,(H,18,21)/t12-/m1/s1. The van der Waals surface area contributed by atoms with Crippen molar-refractivity contribution in [3.63, 3.8) is 0 Å². The summed E-state index contributed by atoms with van der Waals surface area (Å²) in [6.45, 7) is 6.87. The van der Waals surface area contributed by atoms with Crippen LogP contribution in [0.25, 0.3) is 0 Å². The second-order valence-corrected chi connectivity index (χ2v) is 6.20. The van der Waals surface area contributed by atoms with E-state index >= 15 is 0 Å². The molecule has 0 spiro atoms. The topological polar surface area (TPSA) is 72.5 Å². The fraction of sp³-hybridized carbons (Fsp3) is 0.471. The number of hydrogen-bond acceptors (Lipinski definition) is 4. The molecule has 0 saturated heterocycles. The maximum absolute atomic E-state index is 11.9. The van der Waals surface area contributed by atoms with Gasteiger partial charge in [0.15, 0.2) is 5.78 Å². The molecule has 0 radical (unpaired) electrons. The highest BCUT2D eigenvalue weighted by molar-refractivity contribution is 5.99. The van der Waals surface area contributed by atoms with E-state index in [4.69, 9.17) is 4.74 Å². The van der Waals surface area contributed by atoms with Gasteiger partial charge in [-0.2, -0.15) is 0 Å². The molecule has 1 aromatic carbocycles. The number of nitrogens with one attached hydrogen (secondary N) is 1. The van der Waals surface area contributed by atoms with E-state index in [1.54, 1.807) is 52.0 Å². The molecule has 1 atom stereocenters. The van der Waals surface area contributed by atoms with Crippen molar-refractivity contribution in [2.24, 2.45) is 5.92 Å². The van der Waals surface area contributed by atoms with Gasteiger partial charge in [-0.05, 0) is 20.8 Å². The Morgan fingerprint density at radius 1 is 1.14 bits per heavy atom. The van der Waals surface area contributed by atoms with Crippen molar-refractivity contribution in [1.29, 1.82) is 0 Å². The minimum Gasteiger partial charge on any atom is -0.460 e. The average Bonchev–Trinajstić information content (AvgIpc) is 2.43. The van der Waals surface area contributed by atoms with E-state index in [0.717, 1.165) is 0 Å². The number of ketones is 1. The lowest BCUT2D eigenvalue weighted by molar-refractivity contribution is -0.157. The first kappa shape index (κ1) is 17.9. The zero-order valence-electron chi connectivity index (χ0n) is 13.5. The molecule has 0 heterocycles. The normalized spacial score (nSPS) is 12.4. The number of Topliss-reactive ketones (excluding diaryl/α,β-unsaturated/α-hetero) is 1. The smallest absolute Gasteiger partial charge is 0.307 e. The van der Waals surface area contributed by atoms with Gasteiger partial charge in [0, 0.05) is 11.5 Å². The number of amides is 1. The molecule has 120 valence electrons. The molecule has 5 heteroatoms. The first-order valence-corrected chi connectivity index (χ1v) is 7.27. The lowest BCUT2D eigenvalue weighted by Gasteiger charge is -2.20. The third-order valence-electron chi connectivity index (χ3n) is 2.86. The second kappa shape index (κ2) is 7.73. The van der Waals surface area contributed by atoms with Crippen molar-refractivity contribution in [2.75, 3.05) is 6.54 Å². The highest BCUT2D eigenvalue weighted by Gasteiger charge is 2.22. The molecule has 1 aromatic rings. The van der Waals surface area contributed by atoms with E-state index in [9.17, 15) is 14.4 Å². The maximum atomic E-state index is 11.9. The zero-order valence-corrected chi connectivity index (χ0v) is 13.5. The molecule has 1 amide bonds. The zero-order chi connectivity index (χ0) is 16.8. The molecule has 22 heavy (non-hydrogen) atoms. The van der Waals surface area contributed by atoms with Crippen LogP contribution in [-0.2, 0) is 14.3 Å². The Morgan fingerprint density at radius 3 is 2.27 bits per heavy atom. The summed E-state index contributed by atoms with van der Waals surface area (Å²) in [5, 5.41) is 2.55. The Bertz CT molecular complexity index is 531. The van der Waals surface area contributed by atoms with Crippen molar-refractivity contribution in [3.8, 4) is 0 Å². The summed E-state index contributed by atoms with van der Waals surface area (Å²) in [6, 6.07) is 8.73. The van der Waals surface area contributed by atoms with Gasteiger partial charge in [-0.15, -0.1) is 0 Å². The van der Waals surface area contributed by atoms with E-state index < -0.39 is 17.5 Å². The summed E-state index contributed by atoms with van der Waals surface area (Å²) >= 11 is 0. The first-order chi connectivity index (χ1) is 10.2. The van der Waals surface area contributed by atoms with Crippen LogP contribution in [0.1, 0.15) is 44.5 Å². The van der Waals surface area contributed by atoms with Gasteiger partial charge in [-0.1, -0.05) is 37.3 Å². The quantitative estimate of drug-likeness (QED) is 0.647. The predicted molar refractivity (Wildman–Crippen MR) is 83.4 cm³/mol. The summed E-state index contributed by atoms with van der Waals surface area (Å²) in [6.07, 6.45) is -0.0113. The van der Waals surface area contributed by atoms with Gasteiger partial charge in [0.2, 0.25) is 5.91 Å². The second-order valence-electron chi connectivity index (χ2n) is 6.20. The van der Waals surface area contributed by atoms with Crippen LogP contribution in [0.2, 0.25) is 0 Å². The van der Waals surface area contributed by atoms with E-state index in [2.05, 4.69) is 5.32 Å². The highest BCUT2D eigenvalue weighted by Crippen LogP contribution is 2.11. The Labute approximate surface area is 131 Å². The molecule has 0 aliphatic rings. The summed E-state index contributed by atoms with van der Waals surface area (Å²) in [4.78, 5) is 35.4. The van der Waals surface area contributed by atoms with Crippen molar-refractivity contribution in [2.45, 2.75) is 39.7 Å². The predicted octanol–water partition coefficient (Wildman–Crippen LogP) is 2.35. The molecule has 0 aliphatic heterocycles. The molecule has 5 nitrogen and oxygen atoms in total. The molecule has 0 aromatic heterocycles. The Hall–Kier alpha value is -2.17. The van der Waals surface area contributed by atoms with Gasteiger partial charge in [-0.25, -0.2) is 0 Å².